The summed E-state index contributed by atoms with van der Waals surface area (Å²) in [5, 5.41) is 20.5. The van der Waals surface area contributed by atoms with Gasteiger partial charge in [0.25, 0.3) is 0 Å². The molecule has 0 fully saturated rings. The molecule has 19 heavy (non-hydrogen) atoms. The minimum absolute atomic E-state index is 0.174. The van der Waals surface area contributed by atoms with Gasteiger partial charge in [0.1, 0.15) is 0 Å². The van der Waals surface area contributed by atoms with Crippen molar-refractivity contribution in [2.45, 2.75) is 19.8 Å². The van der Waals surface area contributed by atoms with Crippen LogP contribution in [0, 0.1) is 12.8 Å². The van der Waals surface area contributed by atoms with Gasteiger partial charge in [-0.1, -0.05) is 24.3 Å². The predicted molar refractivity (Wildman–Crippen MR) is 71.1 cm³/mol. The number of aryl methyl sites for hydroxylation is 1. The Labute approximate surface area is 112 Å². The number of hydrogen-bond donors (Lipinski definition) is 3. The van der Waals surface area contributed by atoms with E-state index in [-0.39, 0.29) is 13.0 Å². The molecule has 0 amide bonds. The summed E-state index contributed by atoms with van der Waals surface area (Å²) in [4.78, 5) is 21.4. The third-order valence-electron chi connectivity index (χ3n) is 2.99. The molecule has 1 atom stereocenters. The fourth-order valence-corrected chi connectivity index (χ4v) is 1.85. The maximum Gasteiger partial charge on any atom is 0.308 e. The van der Waals surface area contributed by atoms with Crippen molar-refractivity contribution in [3.05, 3.63) is 35.4 Å². The van der Waals surface area contributed by atoms with Crippen molar-refractivity contribution in [2.75, 3.05) is 13.1 Å². The van der Waals surface area contributed by atoms with Crippen LogP contribution >= 0.6 is 0 Å². The highest BCUT2D eigenvalue weighted by Crippen LogP contribution is 2.07. The van der Waals surface area contributed by atoms with Crippen LogP contribution in [0.1, 0.15) is 17.5 Å². The van der Waals surface area contributed by atoms with Crippen molar-refractivity contribution in [1.29, 1.82) is 0 Å². The molecule has 0 heterocycles. The van der Waals surface area contributed by atoms with E-state index >= 15 is 0 Å². The number of nitrogens with one attached hydrogen (secondary N) is 1. The summed E-state index contributed by atoms with van der Waals surface area (Å²) in [6, 6.07) is 8.00. The first kappa shape index (κ1) is 15.2. The molecule has 0 saturated heterocycles. The quantitative estimate of drug-likeness (QED) is 0.617. The average Bonchev–Trinajstić information content (AvgIpc) is 2.34. The number of benzene rings is 1. The summed E-state index contributed by atoms with van der Waals surface area (Å²) >= 11 is 0. The topological polar surface area (TPSA) is 86.6 Å². The van der Waals surface area contributed by atoms with Crippen molar-refractivity contribution in [3.63, 3.8) is 0 Å². The molecule has 0 bridgehead atoms. The zero-order valence-electron chi connectivity index (χ0n) is 10.9. The van der Waals surface area contributed by atoms with E-state index in [1.54, 1.807) is 0 Å². The number of rotatable bonds is 8. The summed E-state index contributed by atoms with van der Waals surface area (Å²) in [5.41, 5.74) is 2.41. The average molecular weight is 265 g/mol. The molecule has 1 aromatic carbocycles. The first-order valence-electron chi connectivity index (χ1n) is 6.20. The van der Waals surface area contributed by atoms with Crippen LogP contribution in [0.2, 0.25) is 0 Å². The molecule has 5 nitrogen and oxygen atoms in total. The second-order valence-electron chi connectivity index (χ2n) is 4.51. The van der Waals surface area contributed by atoms with Gasteiger partial charge in [-0.3, -0.25) is 9.59 Å². The Morgan fingerprint density at radius 2 is 1.95 bits per heavy atom. The molecular formula is C14H19NO4. The van der Waals surface area contributed by atoms with Gasteiger partial charge in [-0.25, -0.2) is 0 Å². The van der Waals surface area contributed by atoms with Crippen LogP contribution in [0.5, 0.6) is 0 Å². The van der Waals surface area contributed by atoms with E-state index < -0.39 is 17.9 Å². The zero-order chi connectivity index (χ0) is 14.3. The number of carboxylic acid groups (broad SMARTS) is 2. The van der Waals surface area contributed by atoms with Crippen LogP contribution in [0.4, 0.5) is 0 Å². The lowest BCUT2D eigenvalue weighted by Crippen LogP contribution is -2.31. The predicted octanol–water partition coefficient (Wildman–Crippen LogP) is 1.30. The Morgan fingerprint density at radius 1 is 1.26 bits per heavy atom. The van der Waals surface area contributed by atoms with Crippen LogP contribution in [0.25, 0.3) is 0 Å². The Morgan fingerprint density at radius 3 is 2.53 bits per heavy atom. The fourth-order valence-electron chi connectivity index (χ4n) is 1.85. The van der Waals surface area contributed by atoms with Gasteiger partial charge < -0.3 is 15.5 Å². The van der Waals surface area contributed by atoms with Crippen LogP contribution in [-0.4, -0.2) is 35.2 Å². The number of carboxylic acids is 2. The highest BCUT2D eigenvalue weighted by atomic mass is 16.4. The molecular weight excluding hydrogens is 246 g/mol. The Bertz CT molecular complexity index is 445. The van der Waals surface area contributed by atoms with Crippen LogP contribution in [0.15, 0.2) is 24.3 Å². The Hall–Kier alpha value is -1.88. The van der Waals surface area contributed by atoms with E-state index in [0.717, 1.165) is 6.42 Å². The monoisotopic (exact) mass is 265 g/mol. The van der Waals surface area contributed by atoms with E-state index in [4.69, 9.17) is 10.2 Å². The second kappa shape index (κ2) is 7.53. The molecule has 1 rings (SSSR count). The lowest BCUT2D eigenvalue weighted by Gasteiger charge is -2.11. The molecule has 104 valence electrons. The van der Waals surface area contributed by atoms with E-state index in [2.05, 4.69) is 5.32 Å². The van der Waals surface area contributed by atoms with Gasteiger partial charge in [0, 0.05) is 6.54 Å². The van der Waals surface area contributed by atoms with Gasteiger partial charge in [0.15, 0.2) is 0 Å². The summed E-state index contributed by atoms with van der Waals surface area (Å²) in [6.45, 7) is 2.83. The van der Waals surface area contributed by atoms with Gasteiger partial charge in [-0.2, -0.15) is 0 Å². The molecule has 0 spiro atoms. The molecule has 0 aliphatic heterocycles. The minimum Gasteiger partial charge on any atom is -0.481 e. The van der Waals surface area contributed by atoms with Crippen molar-refractivity contribution < 1.29 is 19.8 Å². The Balaban J connectivity index is 2.35. The highest BCUT2D eigenvalue weighted by Gasteiger charge is 2.20. The largest absolute Gasteiger partial charge is 0.481 e. The zero-order valence-corrected chi connectivity index (χ0v) is 10.9. The number of aliphatic carboxylic acids is 2. The number of hydrogen-bond acceptors (Lipinski definition) is 3. The third-order valence-corrected chi connectivity index (χ3v) is 2.99. The van der Waals surface area contributed by atoms with Crippen molar-refractivity contribution in [2.24, 2.45) is 5.92 Å². The molecule has 0 aliphatic carbocycles. The minimum atomic E-state index is -1.09. The molecule has 0 aromatic heterocycles. The van der Waals surface area contributed by atoms with Crippen LogP contribution < -0.4 is 5.32 Å². The van der Waals surface area contributed by atoms with Crippen molar-refractivity contribution in [3.8, 4) is 0 Å². The lowest BCUT2D eigenvalue weighted by molar-refractivity contribution is -0.148. The Kier molecular flexibility index (Phi) is 6.02. The molecule has 1 aromatic rings. The summed E-state index contributed by atoms with van der Waals surface area (Å²) < 4.78 is 0. The lowest BCUT2D eigenvalue weighted by atomic mass is 10.0. The van der Waals surface area contributed by atoms with Gasteiger partial charge in [0.2, 0.25) is 0 Å². The van der Waals surface area contributed by atoms with Gasteiger partial charge in [0.05, 0.1) is 12.3 Å². The summed E-state index contributed by atoms with van der Waals surface area (Å²) in [7, 11) is 0. The van der Waals surface area contributed by atoms with Crippen molar-refractivity contribution >= 4 is 11.9 Å². The second-order valence-corrected chi connectivity index (χ2v) is 4.51. The summed E-state index contributed by atoms with van der Waals surface area (Å²) in [6.07, 6.45) is 0.443. The SMILES string of the molecule is Cc1ccccc1CCNCC(CC(=O)O)C(=O)O. The number of carbonyl (C=O) groups is 2. The van der Waals surface area contributed by atoms with E-state index in [9.17, 15) is 9.59 Å². The first-order valence-corrected chi connectivity index (χ1v) is 6.20. The molecule has 3 N–H and O–H groups in total. The maximum absolute atomic E-state index is 10.8. The van der Waals surface area contributed by atoms with Gasteiger partial charge >= 0.3 is 11.9 Å². The third kappa shape index (κ3) is 5.52. The smallest absolute Gasteiger partial charge is 0.308 e. The molecule has 5 heteroatoms. The van der Waals surface area contributed by atoms with Gasteiger partial charge in [-0.05, 0) is 31.0 Å². The van der Waals surface area contributed by atoms with Crippen LogP contribution in [0.3, 0.4) is 0 Å². The van der Waals surface area contributed by atoms with E-state index in [1.165, 1.54) is 11.1 Å². The maximum atomic E-state index is 10.8. The van der Waals surface area contributed by atoms with E-state index in [0.29, 0.717) is 6.54 Å². The molecule has 1 unspecified atom stereocenters. The standard InChI is InChI=1S/C14H19NO4/c1-10-4-2-3-5-11(10)6-7-15-9-12(14(18)19)8-13(16)17/h2-5,12,15H,6-9H2,1H3,(H,16,17)(H,18,19). The molecule has 0 aliphatic rings. The van der Waals surface area contributed by atoms with Gasteiger partial charge in [-0.15, -0.1) is 0 Å². The normalized spacial score (nSPS) is 12.1. The molecule has 0 radical (unpaired) electrons. The fraction of sp³-hybridized carbons (Fsp3) is 0.429. The van der Waals surface area contributed by atoms with Crippen LogP contribution in [-0.2, 0) is 16.0 Å². The summed E-state index contributed by atoms with van der Waals surface area (Å²) in [5.74, 6) is -3.05. The first-order chi connectivity index (χ1) is 9.00. The molecule has 0 saturated carbocycles. The van der Waals surface area contributed by atoms with Crippen molar-refractivity contribution in [1.82, 2.24) is 5.32 Å². The highest BCUT2D eigenvalue weighted by molar-refractivity contribution is 5.77. The van der Waals surface area contributed by atoms with E-state index in [1.807, 2.05) is 31.2 Å².